The third-order valence-corrected chi connectivity index (χ3v) is 6.58. The fourth-order valence-electron chi connectivity index (χ4n) is 3.97. The summed E-state index contributed by atoms with van der Waals surface area (Å²) < 4.78 is 7.55. The Morgan fingerprint density at radius 2 is 2.00 bits per heavy atom. The molecule has 1 saturated heterocycles. The number of nitro benzene ring substituents is 1. The molecule has 29 heavy (non-hydrogen) atoms. The van der Waals surface area contributed by atoms with Gasteiger partial charge in [0.15, 0.2) is 0 Å². The summed E-state index contributed by atoms with van der Waals surface area (Å²) in [7, 11) is 0. The summed E-state index contributed by atoms with van der Waals surface area (Å²) in [5, 5.41) is 16.3. The summed E-state index contributed by atoms with van der Waals surface area (Å²) in [5.74, 6) is 0.491. The third kappa shape index (κ3) is 3.82. The SMILES string of the molecule is CC1(C)C[C@H](n2[nH]c(=O)c3c2NC(=O)CS[C@@H]3c2ccc([N+](=O)[O-])cc2)CCO1. The molecule has 0 unspecified atom stereocenters. The van der Waals surface area contributed by atoms with Crippen molar-refractivity contribution in [1.82, 2.24) is 9.78 Å². The van der Waals surface area contributed by atoms with Gasteiger partial charge in [0.25, 0.3) is 11.2 Å². The van der Waals surface area contributed by atoms with Gasteiger partial charge in [0.05, 0.1) is 33.1 Å². The minimum atomic E-state index is -0.462. The van der Waals surface area contributed by atoms with Crippen LogP contribution in [0.25, 0.3) is 0 Å². The number of carbonyl (C=O) groups is 1. The molecular formula is C19H22N4O5S. The lowest BCUT2D eigenvalue weighted by molar-refractivity contribution is -0.384. The zero-order chi connectivity index (χ0) is 20.8. The smallest absolute Gasteiger partial charge is 0.270 e. The first-order valence-corrected chi connectivity index (χ1v) is 10.4. The van der Waals surface area contributed by atoms with Gasteiger partial charge in [0.2, 0.25) is 5.91 Å². The number of amides is 1. The molecule has 2 aromatic rings. The van der Waals surface area contributed by atoms with E-state index in [2.05, 4.69) is 10.4 Å². The average Bonchev–Trinajstić information content (AvgIpc) is 2.87. The number of hydrogen-bond acceptors (Lipinski definition) is 6. The van der Waals surface area contributed by atoms with E-state index < -0.39 is 10.2 Å². The van der Waals surface area contributed by atoms with Gasteiger partial charge in [-0.05, 0) is 32.3 Å². The molecule has 2 aliphatic heterocycles. The monoisotopic (exact) mass is 418 g/mol. The molecule has 2 aliphatic rings. The van der Waals surface area contributed by atoms with Crippen LogP contribution in [0, 0.1) is 10.1 Å². The molecule has 1 amide bonds. The first-order valence-electron chi connectivity index (χ1n) is 9.39. The van der Waals surface area contributed by atoms with Gasteiger partial charge < -0.3 is 10.1 Å². The molecular weight excluding hydrogens is 396 g/mol. The van der Waals surface area contributed by atoms with Crippen molar-refractivity contribution in [3.63, 3.8) is 0 Å². The number of nitro groups is 1. The Morgan fingerprint density at radius 1 is 1.28 bits per heavy atom. The van der Waals surface area contributed by atoms with E-state index in [1.807, 2.05) is 13.8 Å². The van der Waals surface area contributed by atoms with Crippen molar-refractivity contribution in [2.45, 2.75) is 43.6 Å². The van der Waals surface area contributed by atoms with Crippen molar-refractivity contribution in [2.75, 3.05) is 17.7 Å². The number of thioether (sulfide) groups is 1. The Morgan fingerprint density at radius 3 is 2.66 bits per heavy atom. The van der Waals surface area contributed by atoms with E-state index in [0.29, 0.717) is 24.4 Å². The summed E-state index contributed by atoms with van der Waals surface area (Å²) in [6.45, 7) is 4.59. The van der Waals surface area contributed by atoms with Crippen molar-refractivity contribution in [1.29, 1.82) is 0 Å². The van der Waals surface area contributed by atoms with Crippen molar-refractivity contribution in [3.8, 4) is 0 Å². The maximum atomic E-state index is 12.9. The molecule has 3 heterocycles. The lowest BCUT2D eigenvalue weighted by Crippen LogP contribution is -2.36. The van der Waals surface area contributed by atoms with Gasteiger partial charge in [-0.3, -0.25) is 29.5 Å². The number of benzene rings is 1. The highest BCUT2D eigenvalue weighted by Gasteiger charge is 2.36. The average molecular weight is 418 g/mol. The molecule has 0 bridgehead atoms. The minimum Gasteiger partial charge on any atom is -0.375 e. The largest absolute Gasteiger partial charge is 0.375 e. The maximum absolute atomic E-state index is 12.9. The predicted molar refractivity (Wildman–Crippen MR) is 109 cm³/mol. The summed E-state index contributed by atoms with van der Waals surface area (Å²) in [5.41, 5.74) is 0.617. The molecule has 2 N–H and O–H groups in total. The van der Waals surface area contributed by atoms with Crippen molar-refractivity contribution in [2.24, 2.45) is 0 Å². The lowest BCUT2D eigenvalue weighted by Gasteiger charge is -2.36. The summed E-state index contributed by atoms with van der Waals surface area (Å²) in [6, 6.07) is 6.12. The second-order valence-corrected chi connectivity index (χ2v) is 9.01. The number of nitrogens with zero attached hydrogens (tertiary/aromatic N) is 2. The van der Waals surface area contributed by atoms with E-state index in [4.69, 9.17) is 4.74 Å². The third-order valence-electron chi connectivity index (χ3n) is 5.31. The molecule has 0 aliphatic carbocycles. The van der Waals surface area contributed by atoms with E-state index in [9.17, 15) is 19.7 Å². The van der Waals surface area contributed by atoms with Crippen LogP contribution in [0.1, 0.15) is 49.1 Å². The Bertz CT molecular complexity index is 1010. The van der Waals surface area contributed by atoms with Gasteiger partial charge in [-0.15, -0.1) is 11.8 Å². The van der Waals surface area contributed by atoms with E-state index in [1.165, 1.54) is 23.9 Å². The Kier molecular flexibility index (Phi) is 4.99. The Hall–Kier alpha value is -2.59. The van der Waals surface area contributed by atoms with Crippen LogP contribution in [0.2, 0.25) is 0 Å². The molecule has 4 rings (SSSR count). The van der Waals surface area contributed by atoms with Gasteiger partial charge >= 0.3 is 0 Å². The zero-order valence-electron chi connectivity index (χ0n) is 16.1. The highest BCUT2D eigenvalue weighted by Crippen LogP contribution is 2.42. The van der Waals surface area contributed by atoms with E-state index in [1.54, 1.807) is 16.8 Å². The highest BCUT2D eigenvalue weighted by molar-refractivity contribution is 8.00. The standard InChI is InChI=1S/C19H22N4O5S/c1-19(2)9-13(7-8-28-19)22-17-15(18(25)21-22)16(29-10-14(24)20-17)11-3-5-12(6-4-11)23(26)27/h3-6,13,16H,7-10H2,1-2H3,(H,20,24)(H,21,25)/t13-,16-/m1/s1. The molecule has 0 saturated carbocycles. The molecule has 9 nitrogen and oxygen atoms in total. The molecule has 1 aromatic heterocycles. The zero-order valence-corrected chi connectivity index (χ0v) is 17.0. The van der Waals surface area contributed by atoms with Gasteiger partial charge in [-0.2, -0.15) is 0 Å². The van der Waals surface area contributed by atoms with Crippen molar-refractivity contribution < 1.29 is 14.5 Å². The van der Waals surface area contributed by atoms with Crippen molar-refractivity contribution >= 4 is 29.2 Å². The summed E-state index contributed by atoms with van der Waals surface area (Å²) >= 11 is 1.34. The number of hydrogen-bond donors (Lipinski definition) is 2. The van der Waals surface area contributed by atoms with Crippen LogP contribution in [0.5, 0.6) is 0 Å². The number of non-ortho nitro benzene ring substituents is 1. The quantitative estimate of drug-likeness (QED) is 0.584. The molecule has 0 spiro atoms. The second kappa shape index (κ2) is 7.34. The predicted octanol–water partition coefficient (Wildman–Crippen LogP) is 2.99. The fraction of sp³-hybridized carbons (Fsp3) is 0.474. The van der Waals surface area contributed by atoms with Gasteiger partial charge in [0.1, 0.15) is 5.82 Å². The number of H-pyrrole nitrogens is 1. The number of nitrogens with one attached hydrogen (secondary N) is 2. The first kappa shape index (κ1) is 19.7. The van der Waals surface area contributed by atoms with Crippen LogP contribution in [-0.2, 0) is 9.53 Å². The van der Waals surface area contributed by atoms with E-state index >= 15 is 0 Å². The lowest BCUT2D eigenvalue weighted by atomic mass is 9.94. The number of rotatable bonds is 3. The van der Waals surface area contributed by atoms with Gasteiger partial charge in [0, 0.05) is 18.7 Å². The molecule has 10 heteroatoms. The van der Waals surface area contributed by atoms with Crippen LogP contribution < -0.4 is 10.9 Å². The summed E-state index contributed by atoms with van der Waals surface area (Å²) in [4.78, 5) is 35.8. The fourth-order valence-corrected chi connectivity index (χ4v) is 5.10. The van der Waals surface area contributed by atoms with Crippen LogP contribution in [0.15, 0.2) is 29.1 Å². The van der Waals surface area contributed by atoms with Gasteiger partial charge in [-0.25, -0.2) is 0 Å². The number of aromatic nitrogens is 2. The minimum absolute atomic E-state index is 0.00360. The van der Waals surface area contributed by atoms with Crippen LogP contribution in [0.3, 0.4) is 0 Å². The van der Waals surface area contributed by atoms with E-state index in [-0.39, 0.29) is 34.5 Å². The number of fused-ring (bicyclic) bond motifs is 1. The van der Waals surface area contributed by atoms with E-state index in [0.717, 1.165) is 12.0 Å². The number of carbonyl (C=O) groups excluding carboxylic acids is 1. The molecule has 154 valence electrons. The van der Waals surface area contributed by atoms with Crippen molar-refractivity contribution in [3.05, 3.63) is 55.9 Å². The maximum Gasteiger partial charge on any atom is 0.270 e. The normalized spacial score (nSPS) is 23.7. The summed E-state index contributed by atoms with van der Waals surface area (Å²) in [6.07, 6.45) is 1.43. The molecule has 1 aromatic carbocycles. The molecule has 2 atom stereocenters. The topological polar surface area (TPSA) is 119 Å². The number of ether oxygens (including phenoxy) is 1. The Balaban J connectivity index is 1.77. The molecule has 1 fully saturated rings. The highest BCUT2D eigenvalue weighted by atomic mass is 32.2. The van der Waals surface area contributed by atoms with Crippen LogP contribution in [0.4, 0.5) is 11.5 Å². The molecule has 0 radical (unpaired) electrons. The second-order valence-electron chi connectivity index (χ2n) is 7.92. The number of anilines is 1. The first-order chi connectivity index (χ1) is 13.7. The van der Waals surface area contributed by atoms with Crippen LogP contribution >= 0.6 is 11.8 Å². The number of aromatic amines is 1. The van der Waals surface area contributed by atoms with Crippen LogP contribution in [-0.4, -0.2) is 38.6 Å². The Labute approximate surface area is 170 Å². The van der Waals surface area contributed by atoms with Gasteiger partial charge in [-0.1, -0.05) is 12.1 Å².